The average molecular weight is 299 g/mol. The number of hydrogen-bond donors (Lipinski definition) is 1. The molecule has 114 valence electrons. The Bertz CT molecular complexity index is 429. The molecule has 0 radical (unpaired) electrons. The second-order valence-corrected chi connectivity index (χ2v) is 4.85. The number of alkyl halides is 6. The smallest absolute Gasteiger partial charge is 0.313 e. The molecule has 1 unspecified atom stereocenters. The third-order valence-electron chi connectivity index (χ3n) is 2.95. The Kier molecular flexibility index (Phi) is 4.74. The van der Waals surface area contributed by atoms with Gasteiger partial charge in [-0.3, -0.25) is 0 Å². The average Bonchev–Trinajstić information content (AvgIpc) is 2.26. The van der Waals surface area contributed by atoms with Gasteiger partial charge < -0.3 is 5.32 Å². The van der Waals surface area contributed by atoms with Gasteiger partial charge in [-0.2, -0.15) is 26.3 Å². The maximum atomic E-state index is 12.7. The fraction of sp³-hybridized carbons (Fsp3) is 0.538. The quantitative estimate of drug-likeness (QED) is 0.802. The number of benzene rings is 1. The van der Waals surface area contributed by atoms with Crippen molar-refractivity contribution in [3.63, 3.8) is 0 Å². The highest BCUT2D eigenvalue weighted by Crippen LogP contribution is 2.38. The van der Waals surface area contributed by atoms with Crippen molar-refractivity contribution in [1.82, 2.24) is 5.32 Å². The van der Waals surface area contributed by atoms with Crippen LogP contribution in [0.15, 0.2) is 18.2 Å². The minimum Gasteiger partial charge on any atom is -0.313 e. The molecule has 1 aromatic carbocycles. The monoisotopic (exact) mass is 299 g/mol. The topological polar surface area (TPSA) is 12.0 Å². The summed E-state index contributed by atoms with van der Waals surface area (Å²) in [5, 5.41) is 2.74. The van der Waals surface area contributed by atoms with Crippen molar-refractivity contribution in [3.05, 3.63) is 34.9 Å². The third-order valence-corrected chi connectivity index (χ3v) is 2.95. The van der Waals surface area contributed by atoms with E-state index in [2.05, 4.69) is 5.32 Å². The Morgan fingerprint density at radius 1 is 0.850 bits per heavy atom. The Morgan fingerprint density at radius 3 is 1.50 bits per heavy atom. The molecule has 0 fully saturated rings. The lowest BCUT2D eigenvalue weighted by Crippen LogP contribution is -2.23. The van der Waals surface area contributed by atoms with E-state index in [9.17, 15) is 26.3 Å². The van der Waals surface area contributed by atoms with Gasteiger partial charge in [0.25, 0.3) is 0 Å². The van der Waals surface area contributed by atoms with Crippen molar-refractivity contribution in [3.8, 4) is 0 Å². The normalized spacial score (nSPS) is 14.7. The summed E-state index contributed by atoms with van der Waals surface area (Å²) in [5.74, 6) is -0.149. The molecule has 7 heteroatoms. The van der Waals surface area contributed by atoms with E-state index in [1.807, 2.05) is 0 Å². The van der Waals surface area contributed by atoms with Crippen LogP contribution in [0.2, 0.25) is 0 Å². The summed E-state index contributed by atoms with van der Waals surface area (Å²) in [6.45, 7) is 3.43. The predicted octanol–water partition coefficient (Wildman–Crippen LogP) is 4.64. The van der Waals surface area contributed by atoms with Crippen LogP contribution in [0.1, 0.15) is 36.6 Å². The molecule has 1 atom stereocenters. The molecule has 20 heavy (non-hydrogen) atoms. The lowest BCUT2D eigenvalue weighted by atomic mass is 9.93. The summed E-state index contributed by atoms with van der Waals surface area (Å²) in [5.41, 5.74) is -2.60. The molecule has 0 amide bonds. The number of halogens is 6. The minimum atomic E-state index is -4.81. The van der Waals surface area contributed by atoms with Crippen molar-refractivity contribution >= 4 is 0 Å². The molecule has 1 nitrogen and oxygen atoms in total. The van der Waals surface area contributed by atoms with Crippen LogP contribution in [-0.4, -0.2) is 7.05 Å². The van der Waals surface area contributed by atoms with Gasteiger partial charge in [0.05, 0.1) is 11.1 Å². The first kappa shape index (κ1) is 16.8. The zero-order chi connectivity index (χ0) is 15.7. The van der Waals surface area contributed by atoms with Crippen molar-refractivity contribution < 1.29 is 26.3 Å². The van der Waals surface area contributed by atoms with Gasteiger partial charge >= 0.3 is 12.4 Å². The molecular weight excluding hydrogens is 284 g/mol. The Labute approximate surface area is 113 Å². The van der Waals surface area contributed by atoms with Gasteiger partial charge in [-0.25, -0.2) is 0 Å². The predicted molar refractivity (Wildman–Crippen MR) is 63.1 cm³/mol. The fourth-order valence-corrected chi connectivity index (χ4v) is 2.04. The van der Waals surface area contributed by atoms with Gasteiger partial charge in [-0.15, -0.1) is 0 Å². The maximum Gasteiger partial charge on any atom is 0.416 e. The molecule has 0 aliphatic heterocycles. The van der Waals surface area contributed by atoms with Crippen molar-refractivity contribution in [2.45, 2.75) is 32.2 Å². The van der Waals surface area contributed by atoms with Gasteiger partial charge in [0, 0.05) is 6.04 Å². The molecule has 0 aromatic heterocycles. The lowest BCUT2D eigenvalue weighted by Gasteiger charge is -2.23. The molecule has 1 aromatic rings. The zero-order valence-electron chi connectivity index (χ0n) is 11.2. The molecule has 0 aliphatic rings. The van der Waals surface area contributed by atoms with Gasteiger partial charge in [-0.05, 0) is 36.7 Å². The molecule has 0 aliphatic carbocycles. The van der Waals surface area contributed by atoms with Crippen LogP contribution in [0.5, 0.6) is 0 Å². The van der Waals surface area contributed by atoms with Crippen LogP contribution in [0, 0.1) is 5.92 Å². The van der Waals surface area contributed by atoms with Crippen LogP contribution in [0.25, 0.3) is 0 Å². The van der Waals surface area contributed by atoms with Crippen molar-refractivity contribution in [2.75, 3.05) is 7.05 Å². The largest absolute Gasteiger partial charge is 0.416 e. The van der Waals surface area contributed by atoms with Crippen molar-refractivity contribution in [1.29, 1.82) is 0 Å². The van der Waals surface area contributed by atoms with E-state index in [-0.39, 0.29) is 17.5 Å². The second-order valence-electron chi connectivity index (χ2n) is 4.85. The summed E-state index contributed by atoms with van der Waals surface area (Å²) in [6.07, 6.45) is -9.63. The minimum absolute atomic E-state index is 0.0235. The second kappa shape index (κ2) is 5.63. The molecule has 0 spiro atoms. The third kappa shape index (κ3) is 3.88. The molecule has 1 N–H and O–H groups in total. The van der Waals surface area contributed by atoms with E-state index in [0.717, 1.165) is 12.1 Å². The number of hydrogen-bond acceptors (Lipinski definition) is 1. The van der Waals surface area contributed by atoms with Crippen LogP contribution in [-0.2, 0) is 12.4 Å². The van der Waals surface area contributed by atoms with E-state index < -0.39 is 29.5 Å². The highest BCUT2D eigenvalue weighted by molar-refractivity contribution is 5.35. The number of nitrogens with one attached hydrogen (secondary N) is 1. The summed E-state index contributed by atoms with van der Waals surface area (Å²) in [4.78, 5) is 0. The SMILES string of the molecule is CNC(c1cc(C(F)(F)F)cc(C(F)(F)F)c1)C(C)C. The molecule has 1 rings (SSSR count). The first-order valence-electron chi connectivity index (χ1n) is 5.93. The molecule has 0 saturated heterocycles. The van der Waals surface area contributed by atoms with Gasteiger partial charge in [0.1, 0.15) is 0 Å². The molecule has 0 bridgehead atoms. The zero-order valence-corrected chi connectivity index (χ0v) is 11.2. The summed E-state index contributed by atoms with van der Waals surface area (Å²) >= 11 is 0. The molecule has 0 heterocycles. The summed E-state index contributed by atoms with van der Waals surface area (Å²) in [7, 11) is 1.50. The Balaban J connectivity index is 3.45. The van der Waals surface area contributed by atoms with E-state index in [1.54, 1.807) is 13.8 Å². The number of rotatable bonds is 3. The molecular formula is C13H15F6N. The lowest BCUT2D eigenvalue weighted by molar-refractivity contribution is -0.143. The first-order valence-corrected chi connectivity index (χ1v) is 5.93. The Hall–Kier alpha value is -1.24. The van der Waals surface area contributed by atoms with E-state index in [0.29, 0.717) is 0 Å². The van der Waals surface area contributed by atoms with Gasteiger partial charge in [-0.1, -0.05) is 13.8 Å². The fourth-order valence-electron chi connectivity index (χ4n) is 2.04. The highest BCUT2D eigenvalue weighted by Gasteiger charge is 2.37. The first-order chi connectivity index (χ1) is 8.96. The van der Waals surface area contributed by atoms with Crippen molar-refractivity contribution in [2.24, 2.45) is 5.92 Å². The van der Waals surface area contributed by atoms with Crippen LogP contribution in [0.4, 0.5) is 26.3 Å². The van der Waals surface area contributed by atoms with Crippen LogP contribution < -0.4 is 5.32 Å². The summed E-state index contributed by atoms with van der Waals surface area (Å²) < 4.78 is 76.3. The summed E-state index contributed by atoms with van der Waals surface area (Å²) in [6, 6.07) is 1.07. The standard InChI is InChI=1S/C13H15F6N/c1-7(2)11(20-3)8-4-9(12(14,15)16)6-10(5-8)13(17,18)19/h4-7,11,20H,1-3H3. The van der Waals surface area contributed by atoms with E-state index in [4.69, 9.17) is 0 Å². The van der Waals surface area contributed by atoms with Crippen LogP contribution in [0.3, 0.4) is 0 Å². The van der Waals surface area contributed by atoms with E-state index >= 15 is 0 Å². The Morgan fingerprint density at radius 2 is 1.25 bits per heavy atom. The van der Waals surface area contributed by atoms with Crippen LogP contribution >= 0.6 is 0 Å². The van der Waals surface area contributed by atoms with Gasteiger partial charge in [0.15, 0.2) is 0 Å². The van der Waals surface area contributed by atoms with E-state index in [1.165, 1.54) is 7.05 Å². The van der Waals surface area contributed by atoms with Gasteiger partial charge in [0.2, 0.25) is 0 Å². The maximum absolute atomic E-state index is 12.7. The molecule has 0 saturated carbocycles. The highest BCUT2D eigenvalue weighted by atomic mass is 19.4.